The molecule has 2 aliphatic heterocycles. The quantitative estimate of drug-likeness (QED) is 0.633. The molecule has 3 heterocycles. The molecule has 2 aliphatic rings. The van der Waals surface area contributed by atoms with Crippen molar-refractivity contribution in [3.63, 3.8) is 0 Å². The third kappa shape index (κ3) is 5.27. The Hall–Kier alpha value is -2.40. The van der Waals surface area contributed by atoms with Gasteiger partial charge in [0.2, 0.25) is 5.91 Å². The average molecular weight is 456 g/mol. The number of piperazine rings is 1. The van der Waals surface area contributed by atoms with Crippen molar-refractivity contribution in [2.24, 2.45) is 0 Å². The highest BCUT2D eigenvalue weighted by Crippen LogP contribution is 2.44. The van der Waals surface area contributed by atoms with Gasteiger partial charge in [-0.15, -0.1) is 0 Å². The maximum absolute atomic E-state index is 13.1. The molecule has 0 unspecified atom stereocenters. The molecular weight excluding hydrogens is 426 g/mol. The van der Waals surface area contributed by atoms with Gasteiger partial charge in [-0.25, -0.2) is 4.79 Å². The van der Waals surface area contributed by atoms with E-state index in [2.05, 4.69) is 4.98 Å². The smallest absolute Gasteiger partial charge is 0.410 e. The minimum Gasteiger partial charge on any atom is -0.485 e. The minimum atomic E-state index is -3.85. The van der Waals surface area contributed by atoms with Gasteiger partial charge in [-0.2, -0.15) is 8.42 Å². The molecule has 1 fully saturated rings. The van der Waals surface area contributed by atoms with Gasteiger partial charge in [0.1, 0.15) is 29.6 Å². The summed E-state index contributed by atoms with van der Waals surface area (Å²) in [6.45, 7) is 8.91. The summed E-state index contributed by atoms with van der Waals surface area (Å²) < 4.78 is 40.8. The molecule has 2 amide bonds. The van der Waals surface area contributed by atoms with E-state index in [4.69, 9.17) is 13.7 Å². The molecule has 1 saturated heterocycles. The van der Waals surface area contributed by atoms with E-state index in [-0.39, 0.29) is 25.5 Å². The fraction of sp³-hybridized carbons (Fsp3) is 0.650. The highest BCUT2D eigenvalue weighted by atomic mass is 32.2. The molecule has 0 spiro atoms. The van der Waals surface area contributed by atoms with Crippen molar-refractivity contribution in [3.8, 4) is 5.75 Å². The SMILES string of the molecule is CC(C)(C)OC(=O)N1CCN([C@@H]2c3cnccc3OC(C)(C)[C@H]2OS(C)(=O)=O)C(=O)C1. The predicted molar refractivity (Wildman–Crippen MR) is 111 cm³/mol. The minimum absolute atomic E-state index is 0.177. The van der Waals surface area contributed by atoms with Crippen LogP contribution in [0.1, 0.15) is 46.2 Å². The number of carbonyl (C=O) groups excluding carboxylic acids is 2. The fourth-order valence-corrected chi connectivity index (χ4v) is 4.46. The van der Waals surface area contributed by atoms with E-state index in [1.54, 1.807) is 53.1 Å². The summed E-state index contributed by atoms with van der Waals surface area (Å²) in [5.41, 5.74) is -1.18. The molecule has 0 bridgehead atoms. The van der Waals surface area contributed by atoms with Crippen LogP contribution in [0.3, 0.4) is 0 Å². The lowest BCUT2D eigenvalue weighted by molar-refractivity contribution is -0.147. The van der Waals surface area contributed by atoms with Gasteiger partial charge in [0.15, 0.2) is 0 Å². The zero-order chi connectivity index (χ0) is 23.2. The molecule has 0 N–H and O–H groups in total. The number of aromatic nitrogens is 1. The molecule has 0 radical (unpaired) electrons. The molecule has 0 saturated carbocycles. The summed E-state index contributed by atoms with van der Waals surface area (Å²) in [4.78, 5) is 32.5. The number of amides is 2. The second-order valence-corrected chi connectivity index (χ2v) is 10.9. The highest BCUT2D eigenvalue weighted by molar-refractivity contribution is 7.86. The third-order valence-electron chi connectivity index (χ3n) is 5.00. The zero-order valence-corrected chi connectivity index (χ0v) is 19.4. The van der Waals surface area contributed by atoms with E-state index in [0.717, 1.165) is 6.26 Å². The van der Waals surface area contributed by atoms with E-state index in [0.29, 0.717) is 11.3 Å². The maximum Gasteiger partial charge on any atom is 0.410 e. The summed E-state index contributed by atoms with van der Waals surface area (Å²) in [5, 5.41) is 0. The van der Waals surface area contributed by atoms with Crippen LogP contribution in [0.15, 0.2) is 18.5 Å². The Bertz CT molecular complexity index is 971. The molecule has 1 aromatic rings. The van der Waals surface area contributed by atoms with Gasteiger partial charge in [-0.1, -0.05) is 0 Å². The van der Waals surface area contributed by atoms with Crippen molar-refractivity contribution in [2.75, 3.05) is 25.9 Å². The van der Waals surface area contributed by atoms with Crippen molar-refractivity contribution in [2.45, 2.75) is 58.0 Å². The lowest BCUT2D eigenvalue weighted by Gasteiger charge is -2.49. The van der Waals surface area contributed by atoms with Crippen molar-refractivity contribution in [1.29, 1.82) is 0 Å². The first-order valence-corrected chi connectivity index (χ1v) is 11.8. The fourth-order valence-electron chi connectivity index (χ4n) is 3.74. The molecule has 31 heavy (non-hydrogen) atoms. The molecule has 3 rings (SSSR count). The predicted octanol–water partition coefficient (Wildman–Crippen LogP) is 1.72. The summed E-state index contributed by atoms with van der Waals surface area (Å²) in [6.07, 6.45) is 2.49. The Morgan fingerprint density at radius 2 is 1.97 bits per heavy atom. The van der Waals surface area contributed by atoms with Crippen molar-refractivity contribution in [1.82, 2.24) is 14.8 Å². The number of hydrogen-bond acceptors (Lipinski definition) is 8. The van der Waals surface area contributed by atoms with Crippen molar-refractivity contribution < 1.29 is 31.7 Å². The number of hydrogen-bond donors (Lipinski definition) is 0. The van der Waals surface area contributed by atoms with Gasteiger partial charge in [-0.3, -0.25) is 18.9 Å². The van der Waals surface area contributed by atoms with E-state index in [1.807, 2.05) is 0 Å². The first-order chi connectivity index (χ1) is 14.2. The van der Waals surface area contributed by atoms with Gasteiger partial charge < -0.3 is 14.4 Å². The molecule has 0 aliphatic carbocycles. The third-order valence-corrected chi connectivity index (χ3v) is 5.55. The number of fused-ring (bicyclic) bond motifs is 1. The topological polar surface area (TPSA) is 115 Å². The Morgan fingerprint density at radius 3 is 2.55 bits per heavy atom. The number of carbonyl (C=O) groups is 2. The first-order valence-electron chi connectivity index (χ1n) is 9.96. The summed E-state index contributed by atoms with van der Waals surface area (Å²) >= 11 is 0. The monoisotopic (exact) mass is 455 g/mol. The molecule has 11 heteroatoms. The van der Waals surface area contributed by atoms with E-state index >= 15 is 0 Å². The van der Waals surface area contributed by atoms with E-state index in [9.17, 15) is 18.0 Å². The Morgan fingerprint density at radius 1 is 1.29 bits per heavy atom. The highest BCUT2D eigenvalue weighted by Gasteiger charge is 2.51. The van der Waals surface area contributed by atoms with Gasteiger partial charge in [0.05, 0.1) is 12.3 Å². The van der Waals surface area contributed by atoms with Crippen LogP contribution in [0.2, 0.25) is 0 Å². The molecule has 1 aromatic heterocycles. The average Bonchev–Trinajstić information content (AvgIpc) is 2.60. The maximum atomic E-state index is 13.1. The Balaban J connectivity index is 1.93. The van der Waals surface area contributed by atoms with Crippen LogP contribution in [0.4, 0.5) is 4.79 Å². The van der Waals surface area contributed by atoms with Crippen LogP contribution in [0, 0.1) is 0 Å². The van der Waals surface area contributed by atoms with Crippen LogP contribution in [-0.2, 0) is 23.8 Å². The second kappa shape index (κ2) is 7.94. The van der Waals surface area contributed by atoms with Gasteiger partial charge in [0, 0.05) is 31.0 Å². The number of rotatable bonds is 3. The van der Waals surface area contributed by atoms with Crippen LogP contribution >= 0.6 is 0 Å². The molecule has 2 atom stereocenters. The molecule has 10 nitrogen and oxygen atoms in total. The lowest BCUT2D eigenvalue weighted by atomic mass is 9.86. The second-order valence-electron chi connectivity index (χ2n) is 9.27. The molecule has 172 valence electrons. The molecule has 0 aromatic carbocycles. The number of ether oxygens (including phenoxy) is 2. The summed E-state index contributed by atoms with van der Waals surface area (Å²) in [7, 11) is -3.85. The normalized spacial score (nSPS) is 23.7. The van der Waals surface area contributed by atoms with Crippen molar-refractivity contribution in [3.05, 3.63) is 24.0 Å². The van der Waals surface area contributed by atoms with E-state index in [1.165, 1.54) is 9.80 Å². The standard InChI is InChI=1S/C20H29N3O7S/c1-19(2,3)29-18(25)22-9-10-23(15(24)12-22)16-13-11-21-8-7-14(13)28-20(4,5)17(16)30-31(6,26)27/h7-8,11,16-17H,9-10,12H2,1-6H3/t16-,17+/m1/s1. The van der Waals surface area contributed by atoms with Crippen LogP contribution in [0.25, 0.3) is 0 Å². The Kier molecular flexibility index (Phi) is 5.96. The summed E-state index contributed by atoms with van der Waals surface area (Å²) in [5.74, 6) is 0.150. The summed E-state index contributed by atoms with van der Waals surface area (Å²) in [6, 6.07) is 0.915. The van der Waals surface area contributed by atoms with Crippen LogP contribution in [0.5, 0.6) is 5.75 Å². The first kappa shape index (κ1) is 23.3. The van der Waals surface area contributed by atoms with Crippen LogP contribution < -0.4 is 4.74 Å². The number of nitrogens with zero attached hydrogens (tertiary/aromatic N) is 3. The zero-order valence-electron chi connectivity index (χ0n) is 18.6. The van der Waals surface area contributed by atoms with Crippen LogP contribution in [-0.4, -0.2) is 78.4 Å². The number of pyridine rings is 1. The van der Waals surface area contributed by atoms with Gasteiger partial charge in [0.25, 0.3) is 10.1 Å². The Labute approximate surface area is 182 Å². The largest absolute Gasteiger partial charge is 0.485 e. The molecular formula is C20H29N3O7S. The van der Waals surface area contributed by atoms with Gasteiger partial charge >= 0.3 is 6.09 Å². The lowest BCUT2D eigenvalue weighted by Crippen LogP contribution is -2.61. The van der Waals surface area contributed by atoms with E-state index < -0.39 is 39.6 Å². The van der Waals surface area contributed by atoms with Gasteiger partial charge in [-0.05, 0) is 40.7 Å². The van der Waals surface area contributed by atoms with Crippen molar-refractivity contribution >= 4 is 22.1 Å².